The van der Waals surface area contributed by atoms with Gasteiger partial charge in [0, 0.05) is 5.92 Å². The molecule has 3 heteroatoms. The number of aromatic nitrogens is 2. The quantitative estimate of drug-likeness (QED) is 0.634. The van der Waals surface area contributed by atoms with Gasteiger partial charge in [0.15, 0.2) is 0 Å². The van der Waals surface area contributed by atoms with Crippen molar-refractivity contribution < 1.29 is 0 Å². The van der Waals surface area contributed by atoms with Gasteiger partial charge >= 0.3 is 0 Å². The minimum absolute atomic E-state index is 0.348. The second-order valence-electron chi connectivity index (χ2n) is 2.75. The summed E-state index contributed by atoms with van der Waals surface area (Å²) in [7, 11) is 0. The molecule has 1 aromatic heterocycles. The SMILES string of the molecule is C=C(C)C(C)c1nc(C)ns1. The zero-order chi connectivity index (χ0) is 8.43. The van der Waals surface area contributed by atoms with Crippen LogP contribution in [0.5, 0.6) is 0 Å². The van der Waals surface area contributed by atoms with Gasteiger partial charge in [-0.05, 0) is 25.4 Å². The lowest BCUT2D eigenvalue weighted by Crippen LogP contribution is -1.92. The molecule has 1 heterocycles. The fourth-order valence-corrected chi connectivity index (χ4v) is 1.50. The molecule has 0 aliphatic heterocycles. The molecule has 0 aromatic carbocycles. The maximum atomic E-state index is 4.28. The van der Waals surface area contributed by atoms with E-state index >= 15 is 0 Å². The van der Waals surface area contributed by atoms with Crippen molar-refractivity contribution >= 4 is 11.5 Å². The third-order valence-corrected chi connectivity index (χ3v) is 2.64. The molecule has 2 nitrogen and oxygen atoms in total. The van der Waals surface area contributed by atoms with Crippen molar-refractivity contribution in [3.63, 3.8) is 0 Å². The van der Waals surface area contributed by atoms with Crippen LogP contribution in [0.4, 0.5) is 0 Å². The lowest BCUT2D eigenvalue weighted by molar-refractivity contribution is 0.875. The Morgan fingerprint density at radius 2 is 2.27 bits per heavy atom. The molecule has 11 heavy (non-hydrogen) atoms. The lowest BCUT2D eigenvalue weighted by Gasteiger charge is -2.04. The molecular formula is C8H12N2S. The van der Waals surface area contributed by atoms with E-state index in [0.29, 0.717) is 5.92 Å². The number of hydrogen-bond acceptors (Lipinski definition) is 3. The molecule has 60 valence electrons. The van der Waals surface area contributed by atoms with Crippen LogP contribution in [0, 0.1) is 6.92 Å². The fourth-order valence-electron chi connectivity index (χ4n) is 0.700. The first-order chi connectivity index (χ1) is 5.11. The average molecular weight is 168 g/mol. The van der Waals surface area contributed by atoms with Crippen molar-refractivity contribution in [3.05, 3.63) is 23.0 Å². The van der Waals surface area contributed by atoms with Gasteiger partial charge in [0.1, 0.15) is 10.8 Å². The zero-order valence-electron chi connectivity index (χ0n) is 7.09. The minimum atomic E-state index is 0.348. The molecule has 0 saturated heterocycles. The molecule has 0 aliphatic rings. The molecule has 0 saturated carbocycles. The van der Waals surface area contributed by atoms with Crippen molar-refractivity contribution in [2.24, 2.45) is 0 Å². The van der Waals surface area contributed by atoms with E-state index in [1.54, 1.807) is 0 Å². The average Bonchev–Trinajstić information content (AvgIpc) is 2.34. The van der Waals surface area contributed by atoms with E-state index in [1.807, 2.05) is 13.8 Å². The molecule has 0 spiro atoms. The van der Waals surface area contributed by atoms with E-state index in [2.05, 4.69) is 22.9 Å². The summed E-state index contributed by atoms with van der Waals surface area (Å²) in [5.41, 5.74) is 1.14. The van der Waals surface area contributed by atoms with E-state index in [4.69, 9.17) is 0 Å². The smallest absolute Gasteiger partial charge is 0.139 e. The molecule has 0 radical (unpaired) electrons. The third-order valence-electron chi connectivity index (χ3n) is 1.65. The summed E-state index contributed by atoms with van der Waals surface area (Å²) in [6, 6.07) is 0. The van der Waals surface area contributed by atoms with Crippen LogP contribution >= 0.6 is 11.5 Å². The van der Waals surface area contributed by atoms with Gasteiger partial charge in [-0.25, -0.2) is 4.98 Å². The molecule has 0 fully saturated rings. The van der Waals surface area contributed by atoms with Gasteiger partial charge in [0.2, 0.25) is 0 Å². The Hall–Kier alpha value is -0.700. The second kappa shape index (κ2) is 3.13. The largest absolute Gasteiger partial charge is 0.224 e. The molecule has 1 aromatic rings. The van der Waals surface area contributed by atoms with Crippen LogP contribution in [0.25, 0.3) is 0 Å². The Bertz CT molecular complexity index is 265. The van der Waals surface area contributed by atoms with Gasteiger partial charge in [-0.1, -0.05) is 19.1 Å². The Morgan fingerprint density at radius 1 is 1.64 bits per heavy atom. The summed E-state index contributed by atoms with van der Waals surface area (Å²) in [5, 5.41) is 1.06. The van der Waals surface area contributed by atoms with E-state index < -0.39 is 0 Å². The molecule has 0 amide bonds. The van der Waals surface area contributed by atoms with Crippen LogP contribution in [0.3, 0.4) is 0 Å². The predicted octanol–water partition coefficient (Wildman–Crippen LogP) is 2.53. The Labute approximate surface area is 71.2 Å². The lowest BCUT2D eigenvalue weighted by atomic mass is 10.1. The van der Waals surface area contributed by atoms with Gasteiger partial charge in [-0.2, -0.15) is 4.37 Å². The minimum Gasteiger partial charge on any atom is -0.224 e. The molecule has 1 atom stereocenters. The van der Waals surface area contributed by atoms with Gasteiger partial charge < -0.3 is 0 Å². The Morgan fingerprint density at radius 3 is 2.64 bits per heavy atom. The molecule has 0 bridgehead atoms. The zero-order valence-corrected chi connectivity index (χ0v) is 7.90. The highest BCUT2D eigenvalue weighted by atomic mass is 32.1. The summed E-state index contributed by atoms with van der Waals surface area (Å²) in [5.74, 6) is 1.21. The standard InChI is InChI=1S/C8H12N2S/c1-5(2)6(3)8-9-7(4)10-11-8/h6H,1H2,2-4H3. The van der Waals surface area contributed by atoms with Crippen molar-refractivity contribution in [1.82, 2.24) is 9.36 Å². The summed E-state index contributed by atoms with van der Waals surface area (Å²) >= 11 is 1.46. The van der Waals surface area contributed by atoms with E-state index in [0.717, 1.165) is 16.4 Å². The number of rotatable bonds is 2. The third kappa shape index (κ3) is 1.87. The van der Waals surface area contributed by atoms with E-state index in [1.165, 1.54) is 11.5 Å². The van der Waals surface area contributed by atoms with E-state index in [9.17, 15) is 0 Å². The molecule has 0 N–H and O–H groups in total. The normalized spacial score (nSPS) is 13.0. The van der Waals surface area contributed by atoms with Crippen molar-refractivity contribution in [1.29, 1.82) is 0 Å². The van der Waals surface area contributed by atoms with Gasteiger partial charge in [-0.3, -0.25) is 0 Å². The topological polar surface area (TPSA) is 25.8 Å². The van der Waals surface area contributed by atoms with E-state index in [-0.39, 0.29) is 0 Å². The van der Waals surface area contributed by atoms with Crippen LogP contribution in [0.1, 0.15) is 30.6 Å². The van der Waals surface area contributed by atoms with Crippen molar-refractivity contribution in [3.8, 4) is 0 Å². The highest BCUT2D eigenvalue weighted by Crippen LogP contribution is 2.22. The first kappa shape index (κ1) is 8.40. The second-order valence-corrected chi connectivity index (χ2v) is 3.53. The van der Waals surface area contributed by atoms with Crippen molar-refractivity contribution in [2.75, 3.05) is 0 Å². The van der Waals surface area contributed by atoms with Gasteiger partial charge in [-0.15, -0.1) is 0 Å². The summed E-state index contributed by atoms with van der Waals surface area (Å²) in [6.07, 6.45) is 0. The van der Waals surface area contributed by atoms with Crippen LogP contribution in [0.2, 0.25) is 0 Å². The number of hydrogen-bond donors (Lipinski definition) is 0. The predicted molar refractivity (Wildman–Crippen MR) is 47.9 cm³/mol. The fraction of sp³-hybridized carbons (Fsp3) is 0.500. The number of allylic oxidation sites excluding steroid dienone is 1. The highest BCUT2D eigenvalue weighted by molar-refractivity contribution is 7.05. The molecule has 1 rings (SSSR count). The molecule has 0 aliphatic carbocycles. The van der Waals surface area contributed by atoms with Crippen molar-refractivity contribution in [2.45, 2.75) is 26.7 Å². The summed E-state index contributed by atoms with van der Waals surface area (Å²) in [6.45, 7) is 9.90. The monoisotopic (exact) mass is 168 g/mol. The van der Waals surface area contributed by atoms with Gasteiger partial charge in [0.05, 0.1) is 0 Å². The summed E-state index contributed by atoms with van der Waals surface area (Å²) < 4.78 is 4.11. The number of nitrogens with zero attached hydrogens (tertiary/aromatic N) is 2. The first-order valence-corrected chi connectivity index (χ1v) is 4.34. The van der Waals surface area contributed by atoms with Crippen LogP contribution in [0.15, 0.2) is 12.2 Å². The maximum absolute atomic E-state index is 4.28. The van der Waals surface area contributed by atoms with Gasteiger partial charge in [0.25, 0.3) is 0 Å². The Kier molecular flexibility index (Phi) is 2.39. The molecular weight excluding hydrogens is 156 g/mol. The van der Waals surface area contributed by atoms with Crippen LogP contribution < -0.4 is 0 Å². The van der Waals surface area contributed by atoms with Crippen LogP contribution in [-0.4, -0.2) is 9.36 Å². The number of aryl methyl sites for hydroxylation is 1. The summed E-state index contributed by atoms with van der Waals surface area (Å²) in [4.78, 5) is 4.28. The first-order valence-electron chi connectivity index (χ1n) is 3.57. The molecule has 1 unspecified atom stereocenters. The Balaban J connectivity index is 2.84. The highest BCUT2D eigenvalue weighted by Gasteiger charge is 2.09. The van der Waals surface area contributed by atoms with Crippen LogP contribution in [-0.2, 0) is 0 Å². The maximum Gasteiger partial charge on any atom is 0.139 e.